The summed E-state index contributed by atoms with van der Waals surface area (Å²) in [6, 6.07) is 11.8. The van der Waals surface area contributed by atoms with Gasteiger partial charge in [-0.25, -0.2) is 4.79 Å². The molecule has 0 aliphatic heterocycles. The number of aryl methyl sites for hydroxylation is 3. The van der Waals surface area contributed by atoms with E-state index in [1.807, 2.05) is 32.0 Å². The van der Waals surface area contributed by atoms with Crippen LogP contribution in [0.4, 0.5) is 10.8 Å². The summed E-state index contributed by atoms with van der Waals surface area (Å²) in [5.41, 5.74) is 6.87. The molecule has 0 fully saturated rings. The summed E-state index contributed by atoms with van der Waals surface area (Å²) < 4.78 is 6.31. The number of hydrogen-bond acceptors (Lipinski definition) is 7. The second kappa shape index (κ2) is 8.00. The first-order valence-electron chi connectivity index (χ1n) is 9.25. The molecule has 2 aromatic carbocycles. The van der Waals surface area contributed by atoms with Gasteiger partial charge in [-0.3, -0.25) is 0 Å². The van der Waals surface area contributed by atoms with E-state index in [4.69, 9.17) is 4.42 Å². The quantitative estimate of drug-likeness (QED) is 0.318. The van der Waals surface area contributed by atoms with Gasteiger partial charge in [0.1, 0.15) is 5.58 Å². The standard InChI is InChI=1S/C22H21N3O2S2/c1-12-6-5-7-18(14(12)3)23-21-24-25-22(29-21)28-11-16-10-19(26)27-20-15(4)13(2)8-9-17(16)20/h5-10H,11H2,1-4H3,(H,23,24). The Hall–Kier alpha value is -2.64. The summed E-state index contributed by atoms with van der Waals surface area (Å²) >= 11 is 3.07. The maximum atomic E-state index is 12.0. The molecule has 7 heteroatoms. The third kappa shape index (κ3) is 4.06. The minimum absolute atomic E-state index is 0.323. The predicted molar refractivity (Wildman–Crippen MR) is 121 cm³/mol. The zero-order valence-electron chi connectivity index (χ0n) is 16.7. The van der Waals surface area contributed by atoms with E-state index in [-0.39, 0.29) is 5.63 Å². The van der Waals surface area contributed by atoms with Gasteiger partial charge in [0, 0.05) is 22.9 Å². The Bertz CT molecular complexity index is 1260. The van der Waals surface area contributed by atoms with E-state index in [9.17, 15) is 4.79 Å². The van der Waals surface area contributed by atoms with Gasteiger partial charge in [0.25, 0.3) is 0 Å². The number of nitrogens with one attached hydrogen (secondary N) is 1. The topological polar surface area (TPSA) is 68.0 Å². The lowest BCUT2D eigenvalue weighted by atomic mass is 10.0. The Morgan fingerprint density at radius 1 is 1.03 bits per heavy atom. The Kier molecular flexibility index (Phi) is 5.43. The molecule has 0 saturated carbocycles. The minimum Gasteiger partial charge on any atom is -0.422 e. The maximum Gasteiger partial charge on any atom is 0.336 e. The lowest BCUT2D eigenvalue weighted by molar-refractivity contribution is 0.557. The minimum atomic E-state index is -0.323. The lowest BCUT2D eigenvalue weighted by Gasteiger charge is -2.08. The van der Waals surface area contributed by atoms with Crippen molar-refractivity contribution in [2.45, 2.75) is 37.8 Å². The smallest absolute Gasteiger partial charge is 0.336 e. The van der Waals surface area contributed by atoms with Gasteiger partial charge in [-0.15, -0.1) is 10.2 Å². The van der Waals surface area contributed by atoms with Crippen LogP contribution in [-0.4, -0.2) is 10.2 Å². The van der Waals surface area contributed by atoms with Gasteiger partial charge in [-0.2, -0.15) is 0 Å². The molecule has 29 heavy (non-hydrogen) atoms. The van der Waals surface area contributed by atoms with Crippen molar-refractivity contribution in [2.24, 2.45) is 0 Å². The Labute approximate surface area is 177 Å². The number of hydrogen-bond donors (Lipinski definition) is 1. The highest BCUT2D eigenvalue weighted by atomic mass is 32.2. The summed E-state index contributed by atoms with van der Waals surface area (Å²) in [6.45, 7) is 8.17. The molecule has 0 spiro atoms. The molecule has 1 N–H and O–H groups in total. The Balaban J connectivity index is 1.54. The first-order chi connectivity index (χ1) is 13.9. The van der Waals surface area contributed by atoms with Crippen LogP contribution in [0.15, 0.2) is 49.9 Å². The molecule has 0 saturated heterocycles. The monoisotopic (exact) mass is 423 g/mol. The molecule has 2 heterocycles. The molecule has 5 nitrogen and oxygen atoms in total. The maximum absolute atomic E-state index is 12.0. The number of aromatic nitrogens is 2. The van der Waals surface area contributed by atoms with E-state index in [0.29, 0.717) is 11.3 Å². The van der Waals surface area contributed by atoms with Gasteiger partial charge < -0.3 is 9.73 Å². The number of nitrogens with zero attached hydrogens (tertiary/aromatic N) is 2. The normalized spacial score (nSPS) is 11.2. The first-order valence-corrected chi connectivity index (χ1v) is 11.0. The van der Waals surface area contributed by atoms with Crippen molar-refractivity contribution in [1.29, 1.82) is 0 Å². The SMILES string of the molecule is Cc1cccc(Nc2nnc(SCc3cc(=O)oc4c(C)c(C)ccc34)s2)c1C. The zero-order chi connectivity index (χ0) is 20.5. The summed E-state index contributed by atoms with van der Waals surface area (Å²) in [7, 11) is 0. The molecule has 0 atom stereocenters. The fourth-order valence-electron chi connectivity index (χ4n) is 3.10. The van der Waals surface area contributed by atoms with Gasteiger partial charge in [0.05, 0.1) is 0 Å². The molecule has 2 aromatic heterocycles. The predicted octanol–water partition coefficient (Wildman–Crippen LogP) is 5.91. The highest BCUT2D eigenvalue weighted by molar-refractivity contribution is 8.00. The lowest BCUT2D eigenvalue weighted by Crippen LogP contribution is -2.01. The molecule has 4 aromatic rings. The largest absolute Gasteiger partial charge is 0.422 e. The van der Waals surface area contributed by atoms with E-state index >= 15 is 0 Å². The van der Waals surface area contributed by atoms with Crippen molar-refractivity contribution in [3.8, 4) is 0 Å². The van der Waals surface area contributed by atoms with Crippen molar-refractivity contribution in [3.05, 3.63) is 74.6 Å². The molecule has 0 bridgehead atoms. The van der Waals surface area contributed by atoms with Gasteiger partial charge in [-0.05, 0) is 61.6 Å². The van der Waals surface area contributed by atoms with Crippen LogP contribution in [0, 0.1) is 27.7 Å². The van der Waals surface area contributed by atoms with Gasteiger partial charge in [0.2, 0.25) is 5.13 Å². The summed E-state index contributed by atoms with van der Waals surface area (Å²) in [5, 5.41) is 13.6. The van der Waals surface area contributed by atoms with Crippen molar-refractivity contribution in [3.63, 3.8) is 0 Å². The van der Waals surface area contributed by atoms with Crippen LogP contribution < -0.4 is 10.9 Å². The van der Waals surface area contributed by atoms with Crippen LogP contribution in [-0.2, 0) is 5.75 Å². The number of rotatable bonds is 5. The van der Waals surface area contributed by atoms with Crippen LogP contribution in [0.5, 0.6) is 0 Å². The van der Waals surface area contributed by atoms with E-state index in [2.05, 4.69) is 41.5 Å². The van der Waals surface area contributed by atoms with E-state index in [1.165, 1.54) is 22.5 Å². The van der Waals surface area contributed by atoms with Crippen molar-refractivity contribution < 1.29 is 4.42 Å². The molecular weight excluding hydrogens is 402 g/mol. The average Bonchev–Trinajstić information content (AvgIpc) is 3.14. The van der Waals surface area contributed by atoms with Crippen LogP contribution in [0.25, 0.3) is 11.0 Å². The highest BCUT2D eigenvalue weighted by Gasteiger charge is 2.12. The molecular formula is C22H21N3O2S2. The Morgan fingerprint density at radius 2 is 1.83 bits per heavy atom. The van der Waals surface area contributed by atoms with Crippen LogP contribution >= 0.6 is 23.1 Å². The van der Waals surface area contributed by atoms with E-state index in [1.54, 1.807) is 17.8 Å². The van der Waals surface area contributed by atoms with E-state index in [0.717, 1.165) is 37.2 Å². The fourth-order valence-corrected chi connectivity index (χ4v) is 4.86. The van der Waals surface area contributed by atoms with Crippen LogP contribution in [0.1, 0.15) is 27.8 Å². The second-order valence-electron chi connectivity index (χ2n) is 7.01. The third-order valence-electron chi connectivity index (χ3n) is 5.12. The van der Waals surface area contributed by atoms with Gasteiger partial charge >= 0.3 is 5.63 Å². The van der Waals surface area contributed by atoms with Crippen molar-refractivity contribution >= 4 is 44.9 Å². The van der Waals surface area contributed by atoms with Crippen LogP contribution in [0.3, 0.4) is 0 Å². The van der Waals surface area contributed by atoms with E-state index < -0.39 is 0 Å². The summed E-state index contributed by atoms with van der Waals surface area (Å²) in [5.74, 6) is 0.628. The average molecular weight is 424 g/mol. The van der Waals surface area contributed by atoms with Gasteiger partial charge in [-0.1, -0.05) is 47.4 Å². The summed E-state index contributed by atoms with van der Waals surface area (Å²) in [4.78, 5) is 12.0. The molecule has 0 radical (unpaired) electrons. The number of fused-ring (bicyclic) bond motifs is 1. The molecule has 0 aliphatic rings. The molecule has 0 aliphatic carbocycles. The number of thioether (sulfide) groups is 1. The number of benzene rings is 2. The number of anilines is 2. The first kappa shape index (κ1) is 19.7. The van der Waals surface area contributed by atoms with Crippen molar-refractivity contribution in [2.75, 3.05) is 5.32 Å². The third-order valence-corrected chi connectivity index (χ3v) is 7.14. The molecule has 0 unspecified atom stereocenters. The zero-order valence-corrected chi connectivity index (χ0v) is 18.3. The Morgan fingerprint density at radius 3 is 2.66 bits per heavy atom. The van der Waals surface area contributed by atoms with Crippen molar-refractivity contribution in [1.82, 2.24) is 10.2 Å². The molecule has 4 rings (SSSR count). The second-order valence-corrected chi connectivity index (χ2v) is 9.21. The van der Waals surface area contributed by atoms with Crippen LogP contribution in [0.2, 0.25) is 0 Å². The fraction of sp³-hybridized carbons (Fsp3) is 0.227. The molecule has 0 amide bonds. The molecule has 148 valence electrons. The summed E-state index contributed by atoms with van der Waals surface area (Å²) in [6.07, 6.45) is 0. The highest BCUT2D eigenvalue weighted by Crippen LogP contribution is 2.33. The van der Waals surface area contributed by atoms with Gasteiger partial charge in [0.15, 0.2) is 4.34 Å².